The zero-order valence-electron chi connectivity index (χ0n) is 17.7. The van der Waals surface area contributed by atoms with Crippen LogP contribution in [-0.2, 0) is 4.74 Å². The lowest BCUT2D eigenvalue weighted by Gasteiger charge is -2.21. The van der Waals surface area contributed by atoms with Crippen LogP contribution < -0.4 is 0 Å². The zero-order valence-corrected chi connectivity index (χ0v) is 17.7. The predicted molar refractivity (Wildman–Crippen MR) is 116 cm³/mol. The number of hydrogen-bond donors (Lipinski definition) is 1. The maximum atomic E-state index is 11.9. The van der Waals surface area contributed by atoms with E-state index in [1.54, 1.807) is 0 Å². The number of aliphatic hydroxyl groups excluding tert-OH is 1. The number of aliphatic hydroxyl groups is 1. The van der Waals surface area contributed by atoms with Crippen molar-refractivity contribution in [3.63, 3.8) is 0 Å². The molecular weight excluding hydrogens is 364 g/mol. The second-order valence-electron chi connectivity index (χ2n) is 7.81. The largest absolute Gasteiger partial charge is 0.446 e. The number of carbonyl (C=O) groups excluding carboxylic acids is 1. The van der Waals surface area contributed by atoms with Crippen molar-refractivity contribution < 1.29 is 14.6 Å². The molecule has 29 heavy (non-hydrogen) atoms. The molecule has 0 aliphatic carbocycles. The molecule has 0 bridgehead atoms. The van der Waals surface area contributed by atoms with Gasteiger partial charge in [-0.05, 0) is 24.3 Å². The van der Waals surface area contributed by atoms with Gasteiger partial charge in [-0.3, -0.25) is 0 Å². The van der Waals surface area contributed by atoms with E-state index in [0.29, 0.717) is 6.42 Å². The first-order valence-electron chi connectivity index (χ1n) is 11.1. The number of rotatable bonds is 14. The van der Waals surface area contributed by atoms with Crippen LogP contribution in [0.1, 0.15) is 82.6 Å². The van der Waals surface area contributed by atoms with Gasteiger partial charge in [0, 0.05) is 12.4 Å². The Bertz CT molecular complexity index is 658. The molecule has 5 heteroatoms. The third-order valence-corrected chi connectivity index (χ3v) is 5.35. The van der Waals surface area contributed by atoms with E-state index >= 15 is 0 Å². The highest BCUT2D eigenvalue weighted by atomic mass is 16.6. The van der Waals surface area contributed by atoms with Crippen molar-refractivity contribution in [2.45, 2.75) is 83.2 Å². The highest BCUT2D eigenvalue weighted by Gasteiger charge is 2.18. The number of benzene rings is 1. The second-order valence-corrected chi connectivity index (χ2v) is 7.81. The van der Waals surface area contributed by atoms with Gasteiger partial charge >= 0.3 is 6.09 Å². The molecule has 0 spiro atoms. The van der Waals surface area contributed by atoms with Crippen LogP contribution in [0.2, 0.25) is 0 Å². The molecule has 2 unspecified atom stereocenters. The summed E-state index contributed by atoms with van der Waals surface area (Å²) in [5, 5.41) is 10.4. The minimum atomic E-state index is -0.679. The van der Waals surface area contributed by atoms with E-state index in [9.17, 15) is 9.90 Å². The van der Waals surface area contributed by atoms with Crippen LogP contribution in [0, 0.1) is 0 Å². The van der Waals surface area contributed by atoms with Crippen LogP contribution in [-0.4, -0.2) is 33.5 Å². The molecular formula is C24H36N2O3. The van der Waals surface area contributed by atoms with Gasteiger partial charge < -0.3 is 9.84 Å². The molecule has 0 fully saturated rings. The minimum absolute atomic E-state index is 0.00221. The SMILES string of the molecule is CCCCCCCCCCC(CC(O)COC(=O)n1ccnc1)c1ccccc1. The van der Waals surface area contributed by atoms with Gasteiger partial charge in [-0.25, -0.2) is 14.3 Å². The summed E-state index contributed by atoms with van der Waals surface area (Å²) in [6, 6.07) is 10.3. The monoisotopic (exact) mass is 400 g/mol. The highest BCUT2D eigenvalue weighted by Crippen LogP contribution is 2.27. The fourth-order valence-corrected chi connectivity index (χ4v) is 3.68. The van der Waals surface area contributed by atoms with E-state index in [2.05, 4.69) is 24.0 Å². The number of hydrogen-bond acceptors (Lipinski definition) is 4. The summed E-state index contributed by atoms with van der Waals surface area (Å²) >= 11 is 0. The van der Waals surface area contributed by atoms with Gasteiger partial charge in [-0.1, -0.05) is 88.6 Å². The zero-order chi connectivity index (χ0) is 20.7. The van der Waals surface area contributed by atoms with E-state index in [-0.39, 0.29) is 12.5 Å². The fourth-order valence-electron chi connectivity index (χ4n) is 3.68. The number of ether oxygens (including phenoxy) is 1. The Labute approximate surface area is 175 Å². The lowest BCUT2D eigenvalue weighted by atomic mass is 9.88. The van der Waals surface area contributed by atoms with Gasteiger partial charge in [-0.2, -0.15) is 0 Å². The number of nitrogens with zero attached hydrogens (tertiary/aromatic N) is 2. The topological polar surface area (TPSA) is 64.3 Å². The first-order valence-corrected chi connectivity index (χ1v) is 11.1. The van der Waals surface area contributed by atoms with Gasteiger partial charge in [0.05, 0.1) is 6.10 Å². The predicted octanol–water partition coefficient (Wildman–Crippen LogP) is 5.93. The molecule has 0 saturated heterocycles. The third-order valence-electron chi connectivity index (χ3n) is 5.35. The average molecular weight is 401 g/mol. The molecule has 0 aliphatic heterocycles. The Kier molecular flexibility index (Phi) is 11.1. The van der Waals surface area contributed by atoms with Crippen molar-refractivity contribution in [2.75, 3.05) is 6.61 Å². The lowest BCUT2D eigenvalue weighted by Crippen LogP contribution is -2.23. The van der Waals surface area contributed by atoms with E-state index < -0.39 is 12.2 Å². The van der Waals surface area contributed by atoms with Crippen LogP contribution in [0.5, 0.6) is 0 Å². The van der Waals surface area contributed by atoms with E-state index in [0.717, 1.165) is 12.8 Å². The van der Waals surface area contributed by atoms with Crippen LogP contribution >= 0.6 is 0 Å². The van der Waals surface area contributed by atoms with Gasteiger partial charge in [-0.15, -0.1) is 0 Å². The van der Waals surface area contributed by atoms with Crippen LogP contribution in [0.15, 0.2) is 49.1 Å². The Morgan fingerprint density at radius 3 is 2.41 bits per heavy atom. The van der Waals surface area contributed by atoms with Crippen molar-refractivity contribution in [3.8, 4) is 0 Å². The van der Waals surface area contributed by atoms with Gasteiger partial charge in [0.1, 0.15) is 12.9 Å². The normalized spacial score (nSPS) is 13.2. The van der Waals surface area contributed by atoms with Gasteiger partial charge in [0.2, 0.25) is 0 Å². The molecule has 2 aromatic rings. The highest BCUT2D eigenvalue weighted by molar-refractivity contribution is 5.69. The van der Waals surface area contributed by atoms with Crippen molar-refractivity contribution in [1.29, 1.82) is 0 Å². The molecule has 0 saturated carbocycles. The lowest BCUT2D eigenvalue weighted by molar-refractivity contribution is 0.0593. The van der Waals surface area contributed by atoms with E-state index in [1.807, 2.05) is 18.2 Å². The summed E-state index contributed by atoms with van der Waals surface area (Å²) in [5.74, 6) is 0.276. The second kappa shape index (κ2) is 13.9. The Morgan fingerprint density at radius 1 is 1.07 bits per heavy atom. The van der Waals surface area contributed by atoms with Crippen molar-refractivity contribution in [2.24, 2.45) is 0 Å². The Morgan fingerprint density at radius 2 is 1.76 bits per heavy atom. The van der Waals surface area contributed by atoms with Crippen LogP contribution in [0.25, 0.3) is 0 Å². The van der Waals surface area contributed by atoms with E-state index in [4.69, 9.17) is 4.74 Å². The standard InChI is InChI=1S/C24H36N2O3/c1-2-3-4-5-6-7-8-10-15-22(21-13-11-9-12-14-21)18-23(27)19-29-24(28)26-17-16-25-20-26/h9,11-14,16-17,20,22-23,27H,2-8,10,15,18-19H2,1H3. The molecule has 2 atom stereocenters. The Hall–Kier alpha value is -2.14. The minimum Gasteiger partial charge on any atom is -0.446 e. The maximum absolute atomic E-state index is 11.9. The molecule has 160 valence electrons. The quantitative estimate of drug-likeness (QED) is 0.399. The molecule has 1 heterocycles. The Balaban J connectivity index is 1.74. The summed E-state index contributed by atoms with van der Waals surface area (Å²) in [4.78, 5) is 15.7. The van der Waals surface area contributed by atoms with Crippen molar-refractivity contribution in [1.82, 2.24) is 9.55 Å². The van der Waals surface area contributed by atoms with Crippen molar-refractivity contribution >= 4 is 6.09 Å². The van der Waals surface area contributed by atoms with Crippen LogP contribution in [0.4, 0.5) is 4.79 Å². The fraction of sp³-hybridized carbons (Fsp3) is 0.583. The average Bonchev–Trinajstić information content (AvgIpc) is 3.29. The summed E-state index contributed by atoms with van der Waals surface area (Å²) in [6.07, 6.45) is 15.2. The smallest absolute Gasteiger partial charge is 0.419 e. The van der Waals surface area contributed by atoms with E-state index in [1.165, 1.54) is 73.8 Å². The summed E-state index contributed by atoms with van der Waals surface area (Å²) in [6.45, 7) is 2.24. The first kappa shape index (κ1) is 23.1. The summed E-state index contributed by atoms with van der Waals surface area (Å²) in [5.41, 5.74) is 1.25. The number of imidazole rings is 1. The number of aromatic nitrogens is 2. The van der Waals surface area contributed by atoms with Gasteiger partial charge in [0.25, 0.3) is 0 Å². The molecule has 0 radical (unpaired) electrons. The molecule has 0 amide bonds. The molecule has 2 rings (SSSR count). The molecule has 0 aliphatic rings. The number of carbonyl (C=O) groups is 1. The first-order chi connectivity index (χ1) is 14.2. The maximum Gasteiger partial charge on any atom is 0.419 e. The summed E-state index contributed by atoms with van der Waals surface area (Å²) in [7, 11) is 0. The van der Waals surface area contributed by atoms with Crippen molar-refractivity contribution in [3.05, 3.63) is 54.6 Å². The van der Waals surface area contributed by atoms with Gasteiger partial charge in [0.15, 0.2) is 0 Å². The molecule has 1 aromatic heterocycles. The van der Waals surface area contributed by atoms with Crippen LogP contribution in [0.3, 0.4) is 0 Å². The summed E-state index contributed by atoms with van der Waals surface area (Å²) < 4.78 is 6.47. The third kappa shape index (κ3) is 9.27. The molecule has 5 nitrogen and oxygen atoms in total. The number of unbranched alkanes of at least 4 members (excludes halogenated alkanes) is 7. The molecule has 1 N–H and O–H groups in total. The molecule has 1 aromatic carbocycles.